The minimum atomic E-state index is -4.51. The third-order valence-corrected chi connectivity index (χ3v) is 2.18. The molecule has 0 amide bonds. The lowest BCUT2D eigenvalue weighted by Crippen LogP contribution is -2.52. The van der Waals surface area contributed by atoms with E-state index in [2.05, 4.69) is 4.74 Å². The first-order valence-corrected chi connectivity index (χ1v) is 4.18. The topological polar surface area (TPSA) is 38.5 Å². The Hall–Kier alpha value is -0.330. The first-order chi connectivity index (χ1) is 6.03. The number of ether oxygens (including phenoxy) is 1. The Morgan fingerprint density at radius 1 is 1.46 bits per heavy atom. The number of rotatable bonds is 4. The van der Waals surface area contributed by atoms with Gasteiger partial charge in [-0.3, -0.25) is 9.64 Å². The van der Waals surface area contributed by atoms with Crippen molar-refractivity contribution in [3.05, 3.63) is 0 Å². The molecule has 0 aromatic heterocycles. The minimum absolute atomic E-state index is 0.247. The highest BCUT2D eigenvalue weighted by Gasteiger charge is 2.31. The van der Waals surface area contributed by atoms with Crippen LogP contribution in [0.4, 0.5) is 13.2 Å². The Morgan fingerprint density at radius 3 is 2.54 bits per heavy atom. The zero-order valence-corrected chi connectivity index (χ0v) is 7.18. The van der Waals surface area contributed by atoms with Gasteiger partial charge in [-0.15, -0.1) is 13.2 Å². The molecule has 3 nitrogen and oxygen atoms in total. The molecule has 0 aliphatic carbocycles. The quantitative estimate of drug-likeness (QED) is 0.717. The number of alkyl halides is 3. The van der Waals surface area contributed by atoms with E-state index in [1.165, 1.54) is 0 Å². The van der Waals surface area contributed by atoms with Crippen molar-refractivity contribution in [3.63, 3.8) is 0 Å². The van der Waals surface area contributed by atoms with Gasteiger partial charge in [-0.1, -0.05) is 0 Å². The van der Waals surface area contributed by atoms with Crippen LogP contribution in [0.2, 0.25) is 0 Å². The number of hydrogen-bond acceptors (Lipinski definition) is 3. The van der Waals surface area contributed by atoms with Crippen molar-refractivity contribution in [1.82, 2.24) is 4.90 Å². The lowest BCUT2D eigenvalue weighted by Gasteiger charge is -2.40. The van der Waals surface area contributed by atoms with Crippen molar-refractivity contribution in [2.75, 3.05) is 26.2 Å². The number of nitrogens with zero attached hydrogens (tertiary/aromatic N) is 1. The van der Waals surface area contributed by atoms with E-state index in [0.717, 1.165) is 13.0 Å². The molecule has 0 spiro atoms. The SMILES string of the molecule is NCC1CCN1CCOC(F)(F)F. The summed E-state index contributed by atoms with van der Waals surface area (Å²) in [6, 6.07) is 0.247. The number of likely N-dealkylation sites (tertiary alicyclic amines) is 1. The maximum absolute atomic E-state index is 11.5. The number of nitrogens with two attached hydrogens (primary N) is 1. The Balaban J connectivity index is 2.06. The Bertz CT molecular complexity index is 160. The van der Waals surface area contributed by atoms with Gasteiger partial charge in [-0.2, -0.15) is 0 Å². The molecule has 78 valence electrons. The fraction of sp³-hybridized carbons (Fsp3) is 1.00. The van der Waals surface area contributed by atoms with Gasteiger partial charge >= 0.3 is 6.36 Å². The van der Waals surface area contributed by atoms with Crippen LogP contribution < -0.4 is 5.73 Å². The highest BCUT2D eigenvalue weighted by molar-refractivity contribution is 4.82. The summed E-state index contributed by atoms with van der Waals surface area (Å²) >= 11 is 0. The van der Waals surface area contributed by atoms with Crippen LogP contribution in [0, 0.1) is 0 Å². The monoisotopic (exact) mass is 198 g/mol. The highest BCUT2D eigenvalue weighted by Crippen LogP contribution is 2.18. The maximum atomic E-state index is 11.5. The summed E-state index contributed by atoms with van der Waals surface area (Å²) in [5.41, 5.74) is 5.38. The third kappa shape index (κ3) is 3.50. The molecule has 0 aromatic carbocycles. The molecule has 0 bridgehead atoms. The predicted octanol–water partition coefficient (Wildman–Crippen LogP) is 0.556. The predicted molar refractivity (Wildman–Crippen MR) is 41.0 cm³/mol. The molecule has 0 aromatic rings. The van der Waals surface area contributed by atoms with Crippen LogP contribution in [0.3, 0.4) is 0 Å². The van der Waals surface area contributed by atoms with E-state index >= 15 is 0 Å². The second kappa shape index (κ2) is 4.26. The zero-order chi connectivity index (χ0) is 9.90. The van der Waals surface area contributed by atoms with Crippen LogP contribution in [0.1, 0.15) is 6.42 Å². The fourth-order valence-corrected chi connectivity index (χ4v) is 1.33. The van der Waals surface area contributed by atoms with Gasteiger partial charge in [0.2, 0.25) is 0 Å². The van der Waals surface area contributed by atoms with Crippen LogP contribution >= 0.6 is 0 Å². The molecule has 1 aliphatic heterocycles. The summed E-state index contributed by atoms with van der Waals surface area (Å²) in [6.45, 7) is 1.33. The lowest BCUT2D eigenvalue weighted by atomic mass is 10.0. The molecule has 0 saturated carbocycles. The standard InChI is InChI=1S/C7H13F3N2O/c8-7(9,10)13-4-3-12-2-1-6(12)5-11/h6H,1-5,11H2. The van der Waals surface area contributed by atoms with E-state index in [0.29, 0.717) is 13.1 Å². The summed E-state index contributed by atoms with van der Waals surface area (Å²) in [5.74, 6) is 0. The van der Waals surface area contributed by atoms with Crippen LogP contribution in [-0.4, -0.2) is 43.5 Å². The van der Waals surface area contributed by atoms with Crippen molar-refractivity contribution >= 4 is 0 Å². The molecule has 1 saturated heterocycles. The normalized spacial score (nSPS) is 24.5. The average molecular weight is 198 g/mol. The van der Waals surface area contributed by atoms with Gasteiger partial charge in [-0.25, -0.2) is 0 Å². The van der Waals surface area contributed by atoms with Crippen LogP contribution in [0.25, 0.3) is 0 Å². The first kappa shape index (κ1) is 10.7. The van der Waals surface area contributed by atoms with E-state index in [1.807, 2.05) is 4.90 Å². The summed E-state index contributed by atoms with van der Waals surface area (Å²) in [7, 11) is 0. The van der Waals surface area contributed by atoms with E-state index in [-0.39, 0.29) is 12.6 Å². The van der Waals surface area contributed by atoms with E-state index < -0.39 is 6.36 Å². The van der Waals surface area contributed by atoms with Gasteiger partial charge in [0.05, 0.1) is 6.61 Å². The van der Waals surface area contributed by atoms with Crippen molar-refractivity contribution < 1.29 is 17.9 Å². The molecule has 1 rings (SSSR count). The summed E-state index contributed by atoms with van der Waals surface area (Å²) in [6.07, 6.45) is -3.54. The largest absolute Gasteiger partial charge is 0.522 e. The molecule has 0 radical (unpaired) electrons. The molecule has 2 N–H and O–H groups in total. The molecule has 1 heterocycles. The van der Waals surface area contributed by atoms with Crippen molar-refractivity contribution in [2.45, 2.75) is 18.8 Å². The first-order valence-electron chi connectivity index (χ1n) is 4.18. The molecule has 1 unspecified atom stereocenters. The van der Waals surface area contributed by atoms with Gasteiger partial charge in [0.25, 0.3) is 0 Å². The summed E-state index contributed by atoms with van der Waals surface area (Å²) < 4.78 is 38.3. The van der Waals surface area contributed by atoms with Crippen molar-refractivity contribution in [2.24, 2.45) is 5.73 Å². The Kier molecular flexibility index (Phi) is 3.52. The van der Waals surface area contributed by atoms with Crippen LogP contribution in [-0.2, 0) is 4.74 Å². The van der Waals surface area contributed by atoms with Crippen molar-refractivity contribution in [3.8, 4) is 0 Å². The second-order valence-electron chi connectivity index (χ2n) is 3.01. The van der Waals surface area contributed by atoms with E-state index in [9.17, 15) is 13.2 Å². The molecule has 6 heteroatoms. The minimum Gasteiger partial charge on any atom is -0.329 e. The smallest absolute Gasteiger partial charge is 0.329 e. The Morgan fingerprint density at radius 2 is 2.15 bits per heavy atom. The Labute approximate surface area is 74.6 Å². The molecular formula is C7H13F3N2O. The van der Waals surface area contributed by atoms with Gasteiger partial charge in [0.1, 0.15) is 0 Å². The second-order valence-corrected chi connectivity index (χ2v) is 3.01. The molecule has 1 atom stereocenters. The zero-order valence-electron chi connectivity index (χ0n) is 7.18. The van der Waals surface area contributed by atoms with Gasteiger partial charge < -0.3 is 5.73 Å². The third-order valence-electron chi connectivity index (χ3n) is 2.18. The average Bonchev–Trinajstić information content (AvgIpc) is 1.95. The fourth-order valence-electron chi connectivity index (χ4n) is 1.33. The number of hydrogen-bond donors (Lipinski definition) is 1. The van der Waals surface area contributed by atoms with Gasteiger partial charge in [0, 0.05) is 25.7 Å². The molecule has 13 heavy (non-hydrogen) atoms. The molecule has 1 fully saturated rings. The van der Waals surface area contributed by atoms with Gasteiger partial charge in [0.15, 0.2) is 0 Å². The molecule has 1 aliphatic rings. The summed E-state index contributed by atoms with van der Waals surface area (Å²) in [5, 5.41) is 0. The van der Waals surface area contributed by atoms with E-state index in [1.54, 1.807) is 0 Å². The van der Waals surface area contributed by atoms with Gasteiger partial charge in [-0.05, 0) is 6.42 Å². The highest BCUT2D eigenvalue weighted by atomic mass is 19.4. The van der Waals surface area contributed by atoms with Crippen molar-refractivity contribution in [1.29, 1.82) is 0 Å². The maximum Gasteiger partial charge on any atom is 0.522 e. The summed E-state index contributed by atoms with van der Waals surface area (Å²) in [4.78, 5) is 1.89. The van der Waals surface area contributed by atoms with Crippen LogP contribution in [0.15, 0.2) is 0 Å². The number of halogens is 3. The van der Waals surface area contributed by atoms with Crippen LogP contribution in [0.5, 0.6) is 0 Å². The van der Waals surface area contributed by atoms with E-state index in [4.69, 9.17) is 5.73 Å². The molecular weight excluding hydrogens is 185 g/mol. The lowest BCUT2D eigenvalue weighted by molar-refractivity contribution is -0.325.